The fraction of sp³-hybridized carbons (Fsp3) is 0.360. The van der Waals surface area contributed by atoms with Gasteiger partial charge in [-0.3, -0.25) is 9.97 Å². The van der Waals surface area contributed by atoms with Crippen LogP contribution in [0.2, 0.25) is 16.6 Å². The molecule has 0 radical (unpaired) electrons. The first-order valence-corrected chi connectivity index (χ1v) is 12.0. The molecule has 0 bridgehead atoms. The van der Waals surface area contributed by atoms with Crippen molar-refractivity contribution in [1.82, 2.24) is 9.97 Å². The maximum atomic E-state index is 5.55. The molecule has 2 nitrogen and oxygen atoms in total. The third kappa shape index (κ3) is 4.54. The van der Waals surface area contributed by atoms with Gasteiger partial charge in [-0.2, -0.15) is 0 Å². The molecule has 0 saturated heterocycles. The van der Waals surface area contributed by atoms with Crippen LogP contribution in [0.3, 0.4) is 0 Å². The van der Waals surface area contributed by atoms with Gasteiger partial charge in [0.05, 0.1) is 11.1 Å². The third-order valence-electron chi connectivity index (χ3n) is 5.41. The van der Waals surface area contributed by atoms with Crippen molar-refractivity contribution in [3.8, 4) is 35.6 Å². The summed E-state index contributed by atoms with van der Waals surface area (Å²) < 4.78 is 0. The van der Waals surface area contributed by atoms with Crippen LogP contribution < -0.4 is 0 Å². The van der Waals surface area contributed by atoms with E-state index in [1.165, 1.54) is 0 Å². The van der Waals surface area contributed by atoms with Gasteiger partial charge in [0, 0.05) is 35.9 Å². The predicted molar refractivity (Wildman–Crippen MR) is 120 cm³/mol. The standard InChI is InChI=1S/C25H28N2Si/c1-8-22-11-14-26-17-24(22)9-10-25-18-27-15-12-23(25)13-16-28(19(2)3,20(4)5)21(6)7/h1,11-12,14-15,17-21H,2-7H3. The van der Waals surface area contributed by atoms with Crippen LogP contribution in [0.5, 0.6) is 0 Å². The first kappa shape index (κ1) is 21.5. The van der Waals surface area contributed by atoms with Crippen LogP contribution in [0.15, 0.2) is 36.9 Å². The van der Waals surface area contributed by atoms with Gasteiger partial charge in [0.25, 0.3) is 0 Å². The minimum atomic E-state index is -1.80. The van der Waals surface area contributed by atoms with Crippen LogP contribution in [0.4, 0.5) is 0 Å². The van der Waals surface area contributed by atoms with Gasteiger partial charge >= 0.3 is 0 Å². The van der Waals surface area contributed by atoms with E-state index in [0.717, 1.165) is 22.3 Å². The van der Waals surface area contributed by atoms with E-state index in [2.05, 4.69) is 80.7 Å². The van der Waals surface area contributed by atoms with Crippen LogP contribution in [0.25, 0.3) is 0 Å². The Morgan fingerprint density at radius 2 is 1.18 bits per heavy atom. The monoisotopic (exact) mass is 384 g/mol. The second-order valence-electron chi connectivity index (χ2n) is 7.88. The van der Waals surface area contributed by atoms with E-state index in [9.17, 15) is 0 Å². The number of terminal acetylenes is 1. The SMILES string of the molecule is C#Cc1ccncc1C#Cc1cnccc1C#C[Si](C(C)C)(C(C)C)C(C)C. The molecule has 0 spiro atoms. The van der Waals surface area contributed by atoms with Crippen LogP contribution >= 0.6 is 0 Å². The zero-order chi connectivity index (χ0) is 20.7. The molecule has 0 aliphatic rings. The summed E-state index contributed by atoms with van der Waals surface area (Å²) in [6.45, 7) is 13.9. The van der Waals surface area contributed by atoms with Crippen LogP contribution in [0, 0.1) is 35.6 Å². The van der Waals surface area contributed by atoms with Crippen LogP contribution in [0.1, 0.15) is 63.8 Å². The Bertz CT molecular complexity index is 967. The van der Waals surface area contributed by atoms with Crippen LogP contribution in [-0.2, 0) is 0 Å². The number of rotatable bonds is 3. The molecular formula is C25H28N2Si. The van der Waals surface area contributed by atoms with E-state index in [4.69, 9.17) is 6.42 Å². The molecule has 0 saturated carbocycles. The summed E-state index contributed by atoms with van der Waals surface area (Å²) in [4.78, 5) is 8.35. The van der Waals surface area contributed by atoms with Gasteiger partial charge in [0.1, 0.15) is 8.07 Å². The average Bonchev–Trinajstić information content (AvgIpc) is 2.67. The lowest BCUT2D eigenvalue weighted by atomic mass is 10.1. The van der Waals surface area contributed by atoms with Gasteiger partial charge in [-0.25, -0.2) is 0 Å². The molecular weight excluding hydrogens is 356 g/mol. The lowest BCUT2D eigenvalue weighted by molar-refractivity contribution is 0.838. The van der Waals surface area contributed by atoms with Crippen molar-refractivity contribution in [2.45, 2.75) is 58.2 Å². The van der Waals surface area contributed by atoms with E-state index < -0.39 is 8.07 Å². The minimum Gasteiger partial charge on any atom is -0.263 e. The lowest BCUT2D eigenvalue weighted by Crippen LogP contribution is -2.43. The van der Waals surface area contributed by atoms with E-state index in [1.807, 2.05) is 6.07 Å². The molecule has 0 N–H and O–H groups in total. The largest absolute Gasteiger partial charge is 0.263 e. The number of hydrogen-bond acceptors (Lipinski definition) is 2. The van der Waals surface area contributed by atoms with Gasteiger partial charge in [0.2, 0.25) is 0 Å². The highest BCUT2D eigenvalue weighted by Crippen LogP contribution is 2.40. The normalized spacial score (nSPS) is 10.9. The lowest BCUT2D eigenvalue weighted by Gasteiger charge is -2.38. The van der Waals surface area contributed by atoms with Crippen molar-refractivity contribution in [2.75, 3.05) is 0 Å². The predicted octanol–water partition coefficient (Wildman–Crippen LogP) is 5.43. The molecule has 0 aliphatic heterocycles. The molecule has 0 atom stereocenters. The number of pyridine rings is 2. The molecule has 2 rings (SSSR count). The van der Waals surface area contributed by atoms with Crippen molar-refractivity contribution in [2.24, 2.45) is 0 Å². The van der Waals surface area contributed by atoms with Gasteiger partial charge in [-0.1, -0.05) is 65.2 Å². The van der Waals surface area contributed by atoms with Gasteiger partial charge in [-0.15, -0.1) is 12.0 Å². The van der Waals surface area contributed by atoms with Crippen molar-refractivity contribution in [3.05, 3.63) is 59.2 Å². The average molecular weight is 385 g/mol. The fourth-order valence-corrected chi connectivity index (χ4v) is 9.18. The Labute approximate surface area is 171 Å². The molecule has 28 heavy (non-hydrogen) atoms. The van der Waals surface area contributed by atoms with E-state index in [0.29, 0.717) is 16.6 Å². The molecule has 0 unspecified atom stereocenters. The molecule has 0 aromatic carbocycles. The van der Waals surface area contributed by atoms with Crippen molar-refractivity contribution in [1.29, 1.82) is 0 Å². The molecule has 0 fully saturated rings. The van der Waals surface area contributed by atoms with E-state index in [1.54, 1.807) is 30.9 Å². The maximum absolute atomic E-state index is 5.55. The maximum Gasteiger partial charge on any atom is 0.146 e. The second-order valence-corrected chi connectivity index (χ2v) is 13.5. The summed E-state index contributed by atoms with van der Waals surface area (Å²) in [5.74, 6) is 12.5. The summed E-state index contributed by atoms with van der Waals surface area (Å²) in [6.07, 6.45) is 12.5. The quantitative estimate of drug-likeness (QED) is 0.521. The minimum absolute atomic E-state index is 0.588. The molecule has 3 heteroatoms. The molecule has 0 amide bonds. The molecule has 142 valence electrons. The highest BCUT2D eigenvalue weighted by molar-refractivity contribution is 6.90. The molecule has 2 heterocycles. The van der Waals surface area contributed by atoms with E-state index in [-0.39, 0.29) is 0 Å². The third-order valence-corrected chi connectivity index (χ3v) is 11.7. The highest BCUT2D eigenvalue weighted by Gasteiger charge is 2.41. The number of hydrogen-bond donors (Lipinski definition) is 0. The van der Waals surface area contributed by atoms with Crippen molar-refractivity contribution in [3.63, 3.8) is 0 Å². The Kier molecular flexibility index (Phi) is 7.22. The summed E-state index contributed by atoms with van der Waals surface area (Å²) in [7, 11) is -1.80. The van der Waals surface area contributed by atoms with Gasteiger partial charge < -0.3 is 0 Å². The van der Waals surface area contributed by atoms with Crippen molar-refractivity contribution < 1.29 is 0 Å². The van der Waals surface area contributed by atoms with E-state index >= 15 is 0 Å². The smallest absolute Gasteiger partial charge is 0.146 e. The first-order chi connectivity index (χ1) is 13.3. The fourth-order valence-electron chi connectivity index (χ4n) is 3.97. The second kappa shape index (κ2) is 9.41. The molecule has 2 aromatic rings. The Hall–Kier alpha value is -2.80. The summed E-state index contributed by atoms with van der Waals surface area (Å²) in [5.41, 5.74) is 8.74. The summed E-state index contributed by atoms with van der Waals surface area (Å²) in [5, 5.41) is 0. The molecule has 2 aromatic heterocycles. The Morgan fingerprint density at radius 3 is 1.64 bits per heavy atom. The van der Waals surface area contributed by atoms with Gasteiger partial charge in [-0.05, 0) is 28.8 Å². The number of nitrogens with zero attached hydrogens (tertiary/aromatic N) is 2. The van der Waals surface area contributed by atoms with Crippen molar-refractivity contribution >= 4 is 8.07 Å². The topological polar surface area (TPSA) is 25.8 Å². The Morgan fingerprint density at radius 1 is 0.714 bits per heavy atom. The first-order valence-electron chi connectivity index (χ1n) is 9.72. The zero-order valence-corrected chi connectivity index (χ0v) is 18.7. The zero-order valence-electron chi connectivity index (χ0n) is 17.7. The van der Waals surface area contributed by atoms with Crippen LogP contribution in [-0.4, -0.2) is 18.0 Å². The summed E-state index contributed by atoms with van der Waals surface area (Å²) in [6, 6.07) is 3.74. The molecule has 0 aliphatic carbocycles. The number of aromatic nitrogens is 2. The Balaban J connectivity index is 2.52. The summed E-state index contributed by atoms with van der Waals surface area (Å²) >= 11 is 0. The van der Waals surface area contributed by atoms with Gasteiger partial charge in [0.15, 0.2) is 0 Å². The highest BCUT2D eigenvalue weighted by atomic mass is 28.3.